The molecule has 0 aromatic heterocycles. The quantitative estimate of drug-likeness (QED) is 0.619. The number of benzene rings is 2. The zero-order chi connectivity index (χ0) is 20.8. The van der Waals surface area contributed by atoms with E-state index in [4.69, 9.17) is 0 Å². The lowest BCUT2D eigenvalue weighted by Gasteiger charge is -2.49. The number of rotatable bonds is 4. The van der Waals surface area contributed by atoms with Crippen LogP contribution in [0.4, 0.5) is 21.5 Å². The maximum Gasteiger partial charge on any atom is 0.269 e. The van der Waals surface area contributed by atoms with Gasteiger partial charge in [-0.3, -0.25) is 14.9 Å². The van der Waals surface area contributed by atoms with Crippen molar-refractivity contribution >= 4 is 23.0 Å². The molecule has 1 saturated carbocycles. The molecule has 3 aliphatic rings. The molecule has 156 valence electrons. The van der Waals surface area contributed by atoms with Crippen LogP contribution >= 0.6 is 0 Å². The summed E-state index contributed by atoms with van der Waals surface area (Å²) in [6, 6.07) is 11.6. The Morgan fingerprint density at radius 1 is 1.13 bits per heavy atom. The largest absolute Gasteiger partial charge is 0.368 e. The predicted molar refractivity (Wildman–Crippen MR) is 111 cm³/mol. The Hall–Kier alpha value is -3.16. The second-order valence-electron chi connectivity index (χ2n) is 8.35. The first kappa shape index (κ1) is 18.8. The summed E-state index contributed by atoms with van der Waals surface area (Å²) in [4.78, 5) is 28.3. The minimum absolute atomic E-state index is 0.0191. The van der Waals surface area contributed by atoms with Gasteiger partial charge in [0.1, 0.15) is 5.82 Å². The average molecular weight is 410 g/mol. The number of nitro groups is 1. The van der Waals surface area contributed by atoms with Crippen LogP contribution in [0.2, 0.25) is 0 Å². The van der Waals surface area contributed by atoms with Crippen molar-refractivity contribution in [2.45, 2.75) is 31.3 Å². The van der Waals surface area contributed by atoms with Crippen LogP contribution < -0.4 is 15.1 Å². The normalized spacial score (nSPS) is 22.8. The highest BCUT2D eigenvalue weighted by atomic mass is 19.1. The molecule has 2 heterocycles. The molecule has 1 saturated heterocycles. The van der Waals surface area contributed by atoms with E-state index in [-0.39, 0.29) is 35.4 Å². The number of anilines is 2. The fourth-order valence-corrected chi connectivity index (χ4v) is 4.65. The van der Waals surface area contributed by atoms with Gasteiger partial charge in [0.15, 0.2) is 0 Å². The van der Waals surface area contributed by atoms with Crippen LogP contribution in [-0.2, 0) is 11.2 Å². The number of hydrogen-bond acceptors (Lipinski definition) is 5. The second-order valence-corrected chi connectivity index (χ2v) is 8.35. The molecule has 0 bridgehead atoms. The summed E-state index contributed by atoms with van der Waals surface area (Å²) in [5, 5.41) is 14.4. The summed E-state index contributed by atoms with van der Waals surface area (Å²) in [5.41, 5.74) is 2.82. The lowest BCUT2D eigenvalue weighted by Crippen LogP contribution is -2.61. The second kappa shape index (κ2) is 7.27. The standard InChI is InChI=1S/C22H23FN4O3/c23-15-1-5-17(6-2-15)25-9-10-26-20-8-7-18(27(29)30)11-14(20)12-19(21(26)13-25)22(28)24-16-3-4-16/h1-2,5-8,11,16,19,21H,3-4,9-10,12-13H2,(H,24,28)/t19-,21-/m1/s1. The summed E-state index contributed by atoms with van der Waals surface area (Å²) in [6.07, 6.45) is 2.50. The van der Waals surface area contributed by atoms with Crippen molar-refractivity contribution < 1.29 is 14.1 Å². The Labute approximate surface area is 173 Å². The van der Waals surface area contributed by atoms with Crippen molar-refractivity contribution in [1.29, 1.82) is 0 Å². The highest BCUT2D eigenvalue weighted by Crippen LogP contribution is 2.39. The number of carbonyl (C=O) groups is 1. The Morgan fingerprint density at radius 2 is 1.90 bits per heavy atom. The van der Waals surface area contributed by atoms with E-state index in [1.165, 1.54) is 18.2 Å². The van der Waals surface area contributed by atoms with E-state index in [1.807, 2.05) is 6.07 Å². The fraction of sp³-hybridized carbons (Fsp3) is 0.409. The third-order valence-corrected chi connectivity index (χ3v) is 6.36. The van der Waals surface area contributed by atoms with Crippen LogP contribution in [0.5, 0.6) is 0 Å². The van der Waals surface area contributed by atoms with E-state index in [1.54, 1.807) is 18.2 Å². The van der Waals surface area contributed by atoms with Gasteiger partial charge < -0.3 is 15.1 Å². The molecule has 0 unspecified atom stereocenters. The van der Waals surface area contributed by atoms with Gasteiger partial charge in [-0.15, -0.1) is 0 Å². The van der Waals surface area contributed by atoms with Gasteiger partial charge in [0.25, 0.3) is 5.69 Å². The first-order chi connectivity index (χ1) is 14.5. The first-order valence-electron chi connectivity index (χ1n) is 10.3. The van der Waals surface area contributed by atoms with E-state index in [0.717, 1.165) is 36.3 Å². The molecule has 7 nitrogen and oxygen atoms in total. The topological polar surface area (TPSA) is 78.7 Å². The van der Waals surface area contributed by atoms with Crippen LogP contribution in [0.1, 0.15) is 18.4 Å². The van der Waals surface area contributed by atoms with Gasteiger partial charge >= 0.3 is 0 Å². The maximum atomic E-state index is 13.3. The molecule has 2 fully saturated rings. The van der Waals surface area contributed by atoms with Gasteiger partial charge in [0.2, 0.25) is 5.91 Å². The summed E-state index contributed by atoms with van der Waals surface area (Å²) < 4.78 is 13.3. The molecule has 8 heteroatoms. The third-order valence-electron chi connectivity index (χ3n) is 6.36. The highest BCUT2D eigenvalue weighted by molar-refractivity contribution is 5.83. The number of nitrogens with one attached hydrogen (secondary N) is 1. The molecular formula is C22H23FN4O3. The summed E-state index contributed by atoms with van der Waals surface area (Å²) in [7, 11) is 0. The molecule has 2 aromatic rings. The number of piperazine rings is 1. The number of carbonyl (C=O) groups excluding carboxylic acids is 1. The van der Waals surface area contributed by atoms with Crippen molar-refractivity contribution in [3.05, 3.63) is 64.0 Å². The summed E-state index contributed by atoms with van der Waals surface area (Å²) in [5.74, 6) is -0.541. The van der Waals surface area contributed by atoms with Gasteiger partial charge in [-0.2, -0.15) is 0 Å². The number of nitro benzene ring substituents is 1. The number of amides is 1. The molecule has 0 spiro atoms. The van der Waals surface area contributed by atoms with Crippen molar-refractivity contribution in [3.8, 4) is 0 Å². The zero-order valence-corrected chi connectivity index (χ0v) is 16.5. The van der Waals surface area contributed by atoms with E-state index < -0.39 is 4.92 Å². The molecule has 2 aromatic carbocycles. The van der Waals surface area contributed by atoms with Crippen molar-refractivity contribution in [3.63, 3.8) is 0 Å². The predicted octanol–water partition coefficient (Wildman–Crippen LogP) is 2.88. The average Bonchev–Trinajstić information content (AvgIpc) is 3.56. The Kier molecular flexibility index (Phi) is 4.56. The Morgan fingerprint density at radius 3 is 2.60 bits per heavy atom. The van der Waals surface area contributed by atoms with Crippen LogP contribution in [0.3, 0.4) is 0 Å². The number of hydrogen-bond donors (Lipinski definition) is 1. The SMILES string of the molecule is O=C(NC1CC1)[C@@H]1Cc2cc([N+](=O)[O-])ccc2N2CCN(c3ccc(F)cc3)C[C@H]12. The highest BCUT2D eigenvalue weighted by Gasteiger charge is 2.43. The Bertz CT molecular complexity index is 992. The lowest BCUT2D eigenvalue weighted by molar-refractivity contribution is -0.384. The molecule has 5 rings (SSSR count). The number of halogens is 1. The molecule has 0 radical (unpaired) electrons. The molecule has 1 amide bonds. The maximum absolute atomic E-state index is 13.3. The van der Waals surface area contributed by atoms with Gasteiger partial charge in [-0.05, 0) is 55.2 Å². The minimum atomic E-state index is -0.391. The van der Waals surface area contributed by atoms with Crippen LogP contribution in [0.25, 0.3) is 0 Å². The van der Waals surface area contributed by atoms with E-state index in [2.05, 4.69) is 15.1 Å². The van der Waals surface area contributed by atoms with Gasteiger partial charge in [0, 0.05) is 49.2 Å². The monoisotopic (exact) mass is 410 g/mol. The van der Waals surface area contributed by atoms with E-state index >= 15 is 0 Å². The molecule has 2 aliphatic heterocycles. The fourth-order valence-electron chi connectivity index (χ4n) is 4.65. The summed E-state index contributed by atoms with van der Waals surface area (Å²) in [6.45, 7) is 2.07. The molecule has 30 heavy (non-hydrogen) atoms. The lowest BCUT2D eigenvalue weighted by atomic mass is 9.83. The zero-order valence-electron chi connectivity index (χ0n) is 16.5. The summed E-state index contributed by atoms with van der Waals surface area (Å²) >= 11 is 0. The first-order valence-corrected chi connectivity index (χ1v) is 10.3. The van der Waals surface area contributed by atoms with Crippen molar-refractivity contribution in [2.75, 3.05) is 29.4 Å². The molecule has 1 N–H and O–H groups in total. The minimum Gasteiger partial charge on any atom is -0.368 e. The Balaban J connectivity index is 1.47. The van der Waals surface area contributed by atoms with Gasteiger partial charge in [-0.1, -0.05) is 0 Å². The number of nitrogens with zero attached hydrogens (tertiary/aromatic N) is 3. The van der Waals surface area contributed by atoms with Crippen molar-refractivity contribution in [1.82, 2.24) is 5.32 Å². The molecule has 2 atom stereocenters. The molecular weight excluding hydrogens is 387 g/mol. The van der Waals surface area contributed by atoms with E-state index in [0.29, 0.717) is 19.5 Å². The molecule has 1 aliphatic carbocycles. The van der Waals surface area contributed by atoms with Crippen LogP contribution in [0.15, 0.2) is 42.5 Å². The van der Waals surface area contributed by atoms with Gasteiger partial charge in [-0.25, -0.2) is 4.39 Å². The number of non-ortho nitro benzene ring substituents is 1. The van der Waals surface area contributed by atoms with Crippen LogP contribution in [-0.4, -0.2) is 42.5 Å². The van der Waals surface area contributed by atoms with Crippen LogP contribution in [0, 0.1) is 21.8 Å². The number of fused-ring (bicyclic) bond motifs is 3. The van der Waals surface area contributed by atoms with Gasteiger partial charge in [0.05, 0.1) is 16.9 Å². The van der Waals surface area contributed by atoms with Crippen molar-refractivity contribution in [2.24, 2.45) is 5.92 Å². The third kappa shape index (κ3) is 3.46. The van der Waals surface area contributed by atoms with E-state index in [9.17, 15) is 19.3 Å². The smallest absolute Gasteiger partial charge is 0.269 e.